The molecule has 0 aromatic heterocycles. The lowest BCUT2D eigenvalue weighted by Crippen LogP contribution is -2.24. The average molecular weight is 192 g/mol. The van der Waals surface area contributed by atoms with Crippen LogP contribution in [0.4, 0.5) is 0 Å². The van der Waals surface area contributed by atoms with Gasteiger partial charge in [0.1, 0.15) is 0 Å². The highest BCUT2D eigenvalue weighted by molar-refractivity contribution is 5.27. The molecular weight excluding hydrogens is 172 g/mol. The normalized spacial score (nSPS) is 15.1. The minimum atomic E-state index is -0.624. The fourth-order valence-corrected chi connectivity index (χ4v) is 1.87. The van der Waals surface area contributed by atoms with Gasteiger partial charge < -0.3 is 5.11 Å². The van der Waals surface area contributed by atoms with Gasteiger partial charge in [0.2, 0.25) is 0 Å². The number of benzene rings is 1. The number of hydrogen-bond donors (Lipinski definition) is 1. The van der Waals surface area contributed by atoms with Crippen LogP contribution in [0.15, 0.2) is 24.3 Å². The molecule has 0 heterocycles. The summed E-state index contributed by atoms with van der Waals surface area (Å²) in [5.74, 6) is 0. The summed E-state index contributed by atoms with van der Waals surface area (Å²) in [6.45, 7) is 6.21. The van der Waals surface area contributed by atoms with Crippen molar-refractivity contribution in [2.24, 2.45) is 0 Å². The highest BCUT2D eigenvalue weighted by Crippen LogP contribution is 2.30. The van der Waals surface area contributed by atoms with Gasteiger partial charge in [0.25, 0.3) is 0 Å². The third-order valence-corrected chi connectivity index (χ3v) is 2.80. The minimum Gasteiger partial charge on any atom is -0.385 e. The van der Waals surface area contributed by atoms with Crippen molar-refractivity contribution < 1.29 is 5.11 Å². The summed E-state index contributed by atoms with van der Waals surface area (Å²) in [5.41, 5.74) is 1.65. The van der Waals surface area contributed by atoms with Gasteiger partial charge in [0.15, 0.2) is 0 Å². The predicted molar refractivity (Wildman–Crippen MR) is 60.3 cm³/mol. The molecule has 0 saturated heterocycles. The van der Waals surface area contributed by atoms with Crippen molar-refractivity contribution in [3.05, 3.63) is 35.4 Å². The van der Waals surface area contributed by atoms with E-state index in [1.165, 1.54) is 5.56 Å². The van der Waals surface area contributed by atoms with Crippen LogP contribution in [0.25, 0.3) is 0 Å². The monoisotopic (exact) mass is 192 g/mol. The van der Waals surface area contributed by atoms with Crippen LogP contribution < -0.4 is 0 Å². The number of aliphatic hydroxyl groups is 1. The van der Waals surface area contributed by atoms with Gasteiger partial charge in [-0.1, -0.05) is 50.1 Å². The van der Waals surface area contributed by atoms with Gasteiger partial charge in [-0.2, -0.15) is 0 Å². The van der Waals surface area contributed by atoms with E-state index in [4.69, 9.17) is 0 Å². The van der Waals surface area contributed by atoms with Crippen molar-refractivity contribution in [3.63, 3.8) is 0 Å². The Morgan fingerprint density at radius 1 is 1.29 bits per heavy atom. The van der Waals surface area contributed by atoms with Gasteiger partial charge in [0.05, 0.1) is 5.60 Å². The van der Waals surface area contributed by atoms with Crippen LogP contribution in [0.5, 0.6) is 0 Å². The maximum absolute atomic E-state index is 10.4. The van der Waals surface area contributed by atoms with E-state index in [-0.39, 0.29) is 0 Å². The van der Waals surface area contributed by atoms with Gasteiger partial charge in [-0.3, -0.25) is 0 Å². The number of rotatable bonds is 4. The van der Waals surface area contributed by atoms with Gasteiger partial charge in [-0.05, 0) is 25.3 Å². The molecule has 0 fully saturated rings. The van der Waals surface area contributed by atoms with Gasteiger partial charge >= 0.3 is 0 Å². The molecule has 0 bridgehead atoms. The van der Waals surface area contributed by atoms with Gasteiger partial charge in [0, 0.05) is 0 Å². The largest absolute Gasteiger partial charge is 0.385 e. The molecule has 0 aliphatic rings. The van der Waals surface area contributed by atoms with E-state index in [9.17, 15) is 5.11 Å². The maximum Gasteiger partial charge on any atom is 0.0893 e. The second kappa shape index (κ2) is 4.61. The summed E-state index contributed by atoms with van der Waals surface area (Å²) in [7, 11) is 0. The molecule has 0 radical (unpaired) electrons. The van der Waals surface area contributed by atoms with Crippen LogP contribution in [0.3, 0.4) is 0 Å². The zero-order chi connectivity index (χ0) is 10.6. The quantitative estimate of drug-likeness (QED) is 0.775. The standard InChI is InChI=1S/C13H20O/c1-4-9-13(14,5-2)12-8-6-7-11(3)10-12/h6-8,10,14H,4-5,9H2,1-3H3. The Kier molecular flexibility index (Phi) is 3.70. The molecule has 0 saturated carbocycles. The average Bonchev–Trinajstić information content (AvgIpc) is 2.18. The van der Waals surface area contributed by atoms with Crippen molar-refractivity contribution in [2.45, 2.75) is 45.6 Å². The van der Waals surface area contributed by atoms with Crippen LogP contribution in [0.2, 0.25) is 0 Å². The summed E-state index contributed by atoms with van der Waals surface area (Å²) in [6.07, 6.45) is 2.63. The van der Waals surface area contributed by atoms with E-state index in [1.54, 1.807) is 0 Å². The van der Waals surface area contributed by atoms with E-state index >= 15 is 0 Å². The third-order valence-electron chi connectivity index (χ3n) is 2.80. The Balaban J connectivity index is 2.99. The summed E-state index contributed by atoms with van der Waals surface area (Å²) >= 11 is 0. The molecule has 1 aromatic carbocycles. The third kappa shape index (κ3) is 2.36. The van der Waals surface area contributed by atoms with E-state index < -0.39 is 5.60 Å². The lowest BCUT2D eigenvalue weighted by Gasteiger charge is -2.27. The Bertz CT molecular complexity index is 293. The SMILES string of the molecule is CCCC(O)(CC)c1cccc(C)c1. The molecule has 1 N–H and O–H groups in total. The highest BCUT2D eigenvalue weighted by Gasteiger charge is 2.25. The van der Waals surface area contributed by atoms with Crippen LogP contribution >= 0.6 is 0 Å². The van der Waals surface area contributed by atoms with Crippen LogP contribution in [0.1, 0.15) is 44.2 Å². The molecule has 1 rings (SSSR count). The summed E-state index contributed by atoms with van der Waals surface area (Å²) in [6, 6.07) is 8.18. The van der Waals surface area contributed by atoms with E-state index in [1.807, 2.05) is 19.1 Å². The van der Waals surface area contributed by atoms with E-state index in [0.717, 1.165) is 24.8 Å². The molecule has 1 unspecified atom stereocenters. The smallest absolute Gasteiger partial charge is 0.0893 e. The lowest BCUT2D eigenvalue weighted by atomic mass is 9.86. The first-order chi connectivity index (χ1) is 6.62. The van der Waals surface area contributed by atoms with E-state index in [2.05, 4.69) is 26.0 Å². The fraction of sp³-hybridized carbons (Fsp3) is 0.538. The Hall–Kier alpha value is -0.820. The maximum atomic E-state index is 10.4. The van der Waals surface area contributed by atoms with Crippen LogP contribution in [0, 0.1) is 6.92 Å². The topological polar surface area (TPSA) is 20.2 Å². The molecule has 1 aromatic rings. The second-order valence-electron chi connectivity index (χ2n) is 4.00. The first kappa shape index (κ1) is 11.3. The highest BCUT2D eigenvalue weighted by atomic mass is 16.3. The first-order valence-electron chi connectivity index (χ1n) is 5.42. The molecule has 0 aliphatic heterocycles. The molecular formula is C13H20O. The van der Waals surface area contributed by atoms with E-state index in [0.29, 0.717) is 0 Å². The van der Waals surface area contributed by atoms with Crippen LogP contribution in [-0.4, -0.2) is 5.11 Å². The first-order valence-corrected chi connectivity index (χ1v) is 5.42. The van der Waals surface area contributed by atoms with Crippen molar-refractivity contribution in [2.75, 3.05) is 0 Å². The molecule has 14 heavy (non-hydrogen) atoms. The summed E-state index contributed by atoms with van der Waals surface area (Å²) < 4.78 is 0. The second-order valence-corrected chi connectivity index (χ2v) is 4.00. The molecule has 1 atom stereocenters. The number of aryl methyl sites for hydroxylation is 1. The summed E-state index contributed by atoms with van der Waals surface area (Å²) in [4.78, 5) is 0. The molecule has 0 spiro atoms. The number of hydrogen-bond acceptors (Lipinski definition) is 1. The Morgan fingerprint density at radius 3 is 2.50 bits per heavy atom. The molecule has 1 heteroatoms. The summed E-state index contributed by atoms with van der Waals surface area (Å²) in [5, 5.41) is 10.4. The Morgan fingerprint density at radius 2 is 2.00 bits per heavy atom. The van der Waals surface area contributed by atoms with Crippen molar-refractivity contribution in [3.8, 4) is 0 Å². The predicted octanol–water partition coefficient (Wildman–Crippen LogP) is 3.39. The lowest BCUT2D eigenvalue weighted by molar-refractivity contribution is 0.0226. The van der Waals surface area contributed by atoms with Crippen LogP contribution in [-0.2, 0) is 5.60 Å². The van der Waals surface area contributed by atoms with Gasteiger partial charge in [-0.25, -0.2) is 0 Å². The minimum absolute atomic E-state index is 0.624. The van der Waals surface area contributed by atoms with Crippen molar-refractivity contribution in [1.82, 2.24) is 0 Å². The fourth-order valence-electron chi connectivity index (χ4n) is 1.87. The molecule has 0 amide bonds. The van der Waals surface area contributed by atoms with Crippen molar-refractivity contribution >= 4 is 0 Å². The molecule has 0 aliphatic carbocycles. The molecule has 78 valence electrons. The Labute approximate surface area is 86.8 Å². The zero-order valence-corrected chi connectivity index (χ0v) is 9.38. The molecule has 1 nitrogen and oxygen atoms in total. The van der Waals surface area contributed by atoms with Gasteiger partial charge in [-0.15, -0.1) is 0 Å². The zero-order valence-electron chi connectivity index (χ0n) is 9.38. The van der Waals surface area contributed by atoms with Crippen molar-refractivity contribution in [1.29, 1.82) is 0 Å².